The number of hydrogen-bond acceptors (Lipinski definition) is 9. The molecule has 11 nitrogen and oxygen atoms in total. The van der Waals surface area contributed by atoms with Crippen molar-refractivity contribution < 1.29 is 45.8 Å². The van der Waals surface area contributed by atoms with Gasteiger partial charge in [-0.3, -0.25) is 24.7 Å². The Morgan fingerprint density at radius 1 is 0.756 bits per heavy atom. The Balaban J connectivity index is 0.000000251. The van der Waals surface area contributed by atoms with Crippen LogP contribution in [-0.2, 0) is 0 Å². The number of rotatable bonds is 3. The molecule has 45 heavy (non-hydrogen) atoms. The number of aromatic nitrogens is 6. The second kappa shape index (κ2) is 17.7. The third-order valence-electron chi connectivity index (χ3n) is 5.73. The van der Waals surface area contributed by atoms with Crippen LogP contribution < -0.4 is 11.1 Å². The molecule has 6 rings (SSSR count). The van der Waals surface area contributed by atoms with Gasteiger partial charge in [0, 0.05) is 84.0 Å². The SMILES string of the molecule is Cc1cnc(C(=O)Nc2ccc(Br)c3cccnc23)cn1.Cc1cnc(C(=O)O)cn1.Nc1ccc(Br)c2cccnc12.[3H][B].[U]. The molecule has 0 aliphatic heterocycles. The average molecular weight is 956 g/mol. The number of carboxylic acids is 1. The molecule has 4 heterocycles. The number of nitrogens with one attached hydrogen (secondary N) is 1. The quantitative estimate of drug-likeness (QED) is 0.147. The monoisotopic (exact) mass is 954 g/mol. The van der Waals surface area contributed by atoms with Crippen molar-refractivity contribution in [3.63, 3.8) is 0 Å². The Morgan fingerprint density at radius 3 is 1.78 bits per heavy atom. The smallest absolute Gasteiger partial charge is 0.356 e. The maximum atomic E-state index is 12.2. The van der Waals surface area contributed by atoms with Crippen LogP contribution in [0.1, 0.15) is 32.4 Å². The molecular weight excluding hydrogens is 929 g/mol. The zero-order chi connectivity index (χ0) is 32.9. The molecule has 0 saturated carbocycles. The molecule has 0 spiro atoms. The number of hydrogen-bond donors (Lipinski definition) is 3. The first-order chi connectivity index (χ1) is 21.6. The van der Waals surface area contributed by atoms with Gasteiger partial charge in [0.05, 0.1) is 46.2 Å². The molecule has 4 aromatic heterocycles. The van der Waals surface area contributed by atoms with Crippen LogP contribution in [0.15, 0.2) is 94.7 Å². The van der Waals surface area contributed by atoms with Crippen molar-refractivity contribution in [3.05, 3.63) is 117 Å². The fourth-order valence-corrected chi connectivity index (χ4v) is 4.50. The molecule has 2 radical (unpaired) electrons. The van der Waals surface area contributed by atoms with E-state index in [1.165, 1.54) is 18.6 Å². The molecule has 224 valence electrons. The first-order valence-electron chi connectivity index (χ1n) is 13.2. The molecule has 0 aliphatic carbocycles. The summed E-state index contributed by atoms with van der Waals surface area (Å²) in [6.07, 6.45) is 9.11. The summed E-state index contributed by atoms with van der Waals surface area (Å²) in [5.41, 5.74) is 10.4. The predicted molar refractivity (Wildman–Crippen MR) is 179 cm³/mol. The van der Waals surface area contributed by atoms with Crippen molar-refractivity contribution in [3.8, 4) is 0 Å². The van der Waals surface area contributed by atoms with Gasteiger partial charge in [-0.05, 0) is 51.6 Å². The molecule has 6 aromatic rings. The molecule has 0 aliphatic rings. The average Bonchev–Trinajstić information content (AvgIpc) is 3.06. The fraction of sp³-hybridized carbons (Fsp3) is 0.0667. The summed E-state index contributed by atoms with van der Waals surface area (Å²) in [4.78, 5) is 46.4. The zero-order valence-electron chi connectivity index (χ0n) is 24.9. The standard InChI is InChI=1S/C15H11BrN4O.C9H7BrN2.C6H6N2O2.BH.U/c1-9-7-19-13(8-18-9)15(21)20-12-5-4-11(16)10-3-2-6-17-14(10)12;10-7-3-4-8(11)9-6(7)2-1-5-12-9;1-4-2-8-5(3-7-4)6(9)10;;/h2-8H,1H3,(H,20,21);1-5H,11H2;2-3H,1H3,(H,9,10);1H;/i;;;1T;. The van der Waals surface area contributed by atoms with Gasteiger partial charge >= 0.3 is 5.97 Å². The van der Waals surface area contributed by atoms with Crippen LogP contribution >= 0.6 is 31.9 Å². The van der Waals surface area contributed by atoms with E-state index in [4.69, 9.17) is 12.2 Å². The van der Waals surface area contributed by atoms with Crippen molar-refractivity contribution in [2.24, 2.45) is 0 Å². The number of carbonyl (C=O) groups excluding carboxylic acids is 1. The Morgan fingerprint density at radius 2 is 1.27 bits per heavy atom. The van der Waals surface area contributed by atoms with Crippen LogP contribution in [0.2, 0.25) is 0 Å². The Bertz CT molecular complexity index is 1880. The Labute approximate surface area is 302 Å². The van der Waals surface area contributed by atoms with E-state index < -0.39 is 5.97 Å². The van der Waals surface area contributed by atoms with Crippen LogP contribution in [0.5, 0.6) is 0 Å². The minimum absolute atomic E-state index is 0. The number of nitrogens with zero attached hydrogens (tertiary/aromatic N) is 6. The number of benzene rings is 2. The molecular formula is C30H25BBr2N8O3U. The number of amides is 1. The number of fused-ring (bicyclic) bond motifs is 2. The van der Waals surface area contributed by atoms with Gasteiger partial charge in [0.1, 0.15) is 5.69 Å². The molecule has 15 heteroatoms. The molecule has 0 bridgehead atoms. The number of nitrogens with two attached hydrogens (primary N) is 1. The first-order valence-corrected chi connectivity index (χ1v) is 14.2. The minimum atomic E-state index is -1.05. The third-order valence-corrected chi connectivity index (χ3v) is 7.11. The van der Waals surface area contributed by atoms with Gasteiger partial charge in [0.2, 0.25) is 0 Å². The van der Waals surface area contributed by atoms with Crippen LogP contribution in [-0.4, -0.2) is 56.6 Å². The molecule has 0 unspecified atom stereocenters. The van der Waals surface area contributed by atoms with Crippen LogP contribution in [0.4, 0.5) is 11.4 Å². The second-order valence-electron chi connectivity index (χ2n) is 8.88. The molecule has 1 amide bonds. The molecule has 0 atom stereocenters. The Kier molecular flexibility index (Phi) is 14.0. The van der Waals surface area contributed by atoms with E-state index in [1.807, 2.05) is 49.4 Å². The number of aromatic carboxylic acids is 1. The minimum Gasteiger partial charge on any atom is -0.476 e. The molecule has 4 N–H and O–H groups in total. The van der Waals surface area contributed by atoms with Crippen LogP contribution in [0.3, 0.4) is 0 Å². The van der Waals surface area contributed by atoms with Gasteiger partial charge in [-0.15, -0.1) is 0 Å². The van der Waals surface area contributed by atoms with Gasteiger partial charge in [-0.25, -0.2) is 14.8 Å². The number of pyridine rings is 2. The third kappa shape index (κ3) is 10.1. The number of aryl methyl sites for hydroxylation is 2. The summed E-state index contributed by atoms with van der Waals surface area (Å²) < 4.78 is 7.21. The van der Waals surface area contributed by atoms with E-state index in [2.05, 4.69) is 75.5 Å². The van der Waals surface area contributed by atoms with Gasteiger partial charge < -0.3 is 16.2 Å². The van der Waals surface area contributed by atoms with Crippen molar-refractivity contribution in [1.29, 1.82) is 1.34 Å². The first kappa shape index (κ1) is 35.7. The zero-order valence-corrected chi connectivity index (χ0v) is 31.3. The summed E-state index contributed by atoms with van der Waals surface area (Å²) in [6.45, 7) is 3.57. The number of halogens is 2. The Hall–Kier alpha value is -3.76. The van der Waals surface area contributed by atoms with Gasteiger partial charge in [0.25, 0.3) is 5.91 Å². The van der Waals surface area contributed by atoms with Crippen molar-refractivity contribution in [2.45, 2.75) is 13.8 Å². The normalized spacial score (nSPS) is 9.91. The topological polar surface area (TPSA) is 170 Å². The molecule has 0 saturated heterocycles. The number of carboxylic acid groups (broad SMARTS) is 1. The van der Waals surface area contributed by atoms with Gasteiger partial charge in [-0.1, -0.05) is 44.0 Å². The number of nitrogen functional groups attached to an aromatic ring is 1. The van der Waals surface area contributed by atoms with Crippen molar-refractivity contribution >= 4 is 85.3 Å². The summed E-state index contributed by atoms with van der Waals surface area (Å²) in [5, 5.41) is 13.2. The summed E-state index contributed by atoms with van der Waals surface area (Å²) in [5.74, 6) is -1.36. The van der Waals surface area contributed by atoms with E-state index in [9.17, 15) is 9.59 Å². The summed E-state index contributed by atoms with van der Waals surface area (Å²) in [6, 6.07) is 15.1. The fourth-order valence-electron chi connectivity index (χ4n) is 3.60. The number of anilines is 2. The second-order valence-corrected chi connectivity index (χ2v) is 10.6. The van der Waals surface area contributed by atoms with E-state index in [0.29, 0.717) is 17.1 Å². The van der Waals surface area contributed by atoms with E-state index >= 15 is 0 Å². The van der Waals surface area contributed by atoms with Crippen molar-refractivity contribution in [2.75, 3.05) is 11.1 Å². The predicted octanol–water partition coefficient (Wildman–Crippen LogP) is 5.76. The number of carbonyl (C=O) groups is 2. The van der Waals surface area contributed by atoms with Crippen molar-refractivity contribution in [1.82, 2.24) is 29.9 Å². The van der Waals surface area contributed by atoms with Crippen LogP contribution in [0.25, 0.3) is 21.8 Å². The van der Waals surface area contributed by atoms with Gasteiger partial charge in [0.15, 0.2) is 5.69 Å². The molecule has 2 aromatic carbocycles. The van der Waals surface area contributed by atoms with Crippen LogP contribution in [0, 0.1) is 45.0 Å². The largest absolute Gasteiger partial charge is 0.476 e. The summed E-state index contributed by atoms with van der Waals surface area (Å²) in [7, 11) is 3.75. The van der Waals surface area contributed by atoms with E-state index in [-0.39, 0.29) is 48.4 Å². The van der Waals surface area contributed by atoms with E-state index in [1.54, 1.807) is 31.6 Å². The molecule has 0 fully saturated rings. The summed E-state index contributed by atoms with van der Waals surface area (Å²) >= 11 is 6.91. The maximum absolute atomic E-state index is 12.2. The van der Waals surface area contributed by atoms with E-state index in [0.717, 1.165) is 36.4 Å². The van der Waals surface area contributed by atoms with Gasteiger partial charge in [-0.2, -0.15) is 0 Å². The maximum Gasteiger partial charge on any atom is 0.356 e.